The van der Waals surface area contributed by atoms with Gasteiger partial charge >= 0.3 is 0 Å². The SMILES string of the molecule is COCC(N)C(=O)NC(c1cccc(SC)c1)c1cc(F)ccc1F.Cl. The van der Waals surface area contributed by atoms with Gasteiger partial charge in [0.2, 0.25) is 5.91 Å². The maximum Gasteiger partial charge on any atom is 0.240 e. The molecule has 2 unspecified atom stereocenters. The molecule has 2 atom stereocenters. The molecule has 26 heavy (non-hydrogen) atoms. The molecule has 0 heterocycles. The van der Waals surface area contributed by atoms with Gasteiger partial charge in [-0.25, -0.2) is 8.78 Å². The zero-order chi connectivity index (χ0) is 18.4. The summed E-state index contributed by atoms with van der Waals surface area (Å²) < 4.78 is 32.8. The molecule has 0 fully saturated rings. The number of nitrogens with one attached hydrogen (secondary N) is 1. The topological polar surface area (TPSA) is 64.3 Å². The van der Waals surface area contributed by atoms with Gasteiger partial charge in [-0.3, -0.25) is 4.79 Å². The highest BCUT2D eigenvalue weighted by molar-refractivity contribution is 7.98. The lowest BCUT2D eigenvalue weighted by Gasteiger charge is -2.23. The van der Waals surface area contributed by atoms with Crippen LogP contribution in [-0.4, -0.2) is 31.9 Å². The van der Waals surface area contributed by atoms with E-state index in [1.165, 1.54) is 18.9 Å². The third-order valence-electron chi connectivity index (χ3n) is 3.67. The minimum atomic E-state index is -0.909. The largest absolute Gasteiger partial charge is 0.383 e. The Morgan fingerprint density at radius 2 is 2.00 bits per heavy atom. The third-order valence-corrected chi connectivity index (χ3v) is 4.39. The summed E-state index contributed by atoms with van der Waals surface area (Å²) in [6.07, 6.45) is 1.91. The molecule has 0 bridgehead atoms. The average molecular weight is 403 g/mol. The molecule has 8 heteroatoms. The van der Waals surface area contributed by atoms with E-state index < -0.39 is 29.6 Å². The standard InChI is InChI=1S/C18H20F2N2O2S.ClH/c1-24-10-16(21)18(23)22-17(11-4-3-5-13(8-11)25-2)14-9-12(19)6-7-15(14)20;/h3-9,16-17H,10,21H2,1-2H3,(H,22,23);1H. The van der Waals surface area contributed by atoms with Crippen molar-refractivity contribution in [2.24, 2.45) is 5.73 Å². The number of carbonyl (C=O) groups excluding carboxylic acids is 1. The lowest BCUT2D eigenvalue weighted by Crippen LogP contribution is -2.45. The molecule has 0 aromatic heterocycles. The number of rotatable bonds is 7. The summed E-state index contributed by atoms with van der Waals surface area (Å²) >= 11 is 1.51. The summed E-state index contributed by atoms with van der Waals surface area (Å²) in [5, 5.41) is 2.69. The fraction of sp³-hybridized carbons (Fsp3) is 0.278. The number of ether oxygens (including phenoxy) is 1. The fourth-order valence-electron chi connectivity index (χ4n) is 2.40. The lowest BCUT2D eigenvalue weighted by molar-refractivity contribution is -0.124. The van der Waals surface area contributed by atoms with Gasteiger partial charge in [0.15, 0.2) is 0 Å². The molecular formula is C18H21ClF2N2O2S. The van der Waals surface area contributed by atoms with Crippen LogP contribution >= 0.6 is 24.2 Å². The van der Waals surface area contributed by atoms with E-state index >= 15 is 0 Å². The van der Waals surface area contributed by atoms with Crippen molar-refractivity contribution >= 4 is 30.1 Å². The molecule has 0 aliphatic rings. The number of hydrogen-bond acceptors (Lipinski definition) is 4. The van der Waals surface area contributed by atoms with Crippen LogP contribution in [0.25, 0.3) is 0 Å². The van der Waals surface area contributed by atoms with Crippen molar-refractivity contribution in [1.82, 2.24) is 5.32 Å². The van der Waals surface area contributed by atoms with Gasteiger partial charge in [0, 0.05) is 17.6 Å². The van der Waals surface area contributed by atoms with Gasteiger partial charge in [0.05, 0.1) is 12.6 Å². The molecular weight excluding hydrogens is 382 g/mol. The van der Waals surface area contributed by atoms with Crippen molar-refractivity contribution in [1.29, 1.82) is 0 Å². The highest BCUT2D eigenvalue weighted by Gasteiger charge is 2.24. The Kier molecular flexibility index (Phi) is 9.01. The third kappa shape index (κ3) is 5.67. The second kappa shape index (κ2) is 10.5. The molecule has 0 aliphatic carbocycles. The van der Waals surface area contributed by atoms with Crippen molar-refractivity contribution < 1.29 is 18.3 Å². The maximum absolute atomic E-state index is 14.3. The van der Waals surface area contributed by atoms with Crippen molar-refractivity contribution in [3.63, 3.8) is 0 Å². The van der Waals surface area contributed by atoms with E-state index in [0.717, 1.165) is 23.1 Å². The molecule has 0 radical (unpaired) electrons. The number of carbonyl (C=O) groups is 1. The van der Waals surface area contributed by atoms with Gasteiger partial charge in [0.25, 0.3) is 0 Å². The van der Waals surface area contributed by atoms with Crippen LogP contribution < -0.4 is 11.1 Å². The van der Waals surface area contributed by atoms with Crippen molar-refractivity contribution in [3.8, 4) is 0 Å². The summed E-state index contributed by atoms with van der Waals surface area (Å²) in [6.45, 7) is 0.0229. The summed E-state index contributed by atoms with van der Waals surface area (Å²) in [6, 6.07) is 8.64. The summed E-state index contributed by atoms with van der Waals surface area (Å²) in [5.74, 6) is -1.70. The first-order valence-electron chi connectivity index (χ1n) is 7.60. The van der Waals surface area contributed by atoms with Crippen LogP contribution in [0.5, 0.6) is 0 Å². The predicted molar refractivity (Wildman–Crippen MR) is 102 cm³/mol. The van der Waals surface area contributed by atoms with E-state index in [1.54, 1.807) is 12.1 Å². The fourth-order valence-corrected chi connectivity index (χ4v) is 2.87. The number of methoxy groups -OCH3 is 1. The Labute approximate surface area is 161 Å². The maximum atomic E-state index is 14.3. The van der Waals surface area contributed by atoms with Crippen LogP contribution in [0.2, 0.25) is 0 Å². The lowest BCUT2D eigenvalue weighted by atomic mass is 9.97. The van der Waals surface area contributed by atoms with Gasteiger partial charge < -0.3 is 15.8 Å². The van der Waals surface area contributed by atoms with Crippen molar-refractivity contribution in [2.45, 2.75) is 17.0 Å². The number of benzene rings is 2. The Balaban J connectivity index is 0.00000338. The molecule has 142 valence electrons. The van der Waals surface area contributed by atoms with Crippen LogP contribution in [0, 0.1) is 11.6 Å². The molecule has 2 aromatic carbocycles. The first kappa shape index (κ1) is 22.4. The molecule has 2 aromatic rings. The zero-order valence-corrected chi connectivity index (χ0v) is 16.0. The summed E-state index contributed by atoms with van der Waals surface area (Å²) in [5.41, 5.74) is 6.42. The van der Waals surface area contributed by atoms with E-state index in [9.17, 15) is 13.6 Å². The van der Waals surface area contributed by atoms with Crippen molar-refractivity contribution in [2.75, 3.05) is 20.0 Å². The van der Waals surface area contributed by atoms with Crippen LogP contribution in [-0.2, 0) is 9.53 Å². The van der Waals surface area contributed by atoms with Gasteiger partial charge in [-0.15, -0.1) is 24.2 Å². The number of amides is 1. The Bertz CT molecular complexity index is 749. The van der Waals surface area contributed by atoms with E-state index in [2.05, 4.69) is 5.32 Å². The normalized spacial score (nSPS) is 12.8. The zero-order valence-electron chi connectivity index (χ0n) is 14.4. The quantitative estimate of drug-likeness (QED) is 0.697. The molecule has 4 nitrogen and oxygen atoms in total. The number of hydrogen-bond donors (Lipinski definition) is 2. The van der Waals surface area contributed by atoms with Gasteiger partial charge in [-0.2, -0.15) is 0 Å². The first-order valence-corrected chi connectivity index (χ1v) is 8.82. The van der Waals surface area contributed by atoms with Crippen LogP contribution in [0.1, 0.15) is 17.2 Å². The first-order chi connectivity index (χ1) is 12.0. The Morgan fingerprint density at radius 3 is 2.65 bits per heavy atom. The average Bonchev–Trinajstić information content (AvgIpc) is 2.62. The second-order valence-electron chi connectivity index (χ2n) is 5.45. The number of nitrogens with two attached hydrogens (primary N) is 1. The Morgan fingerprint density at radius 1 is 1.27 bits per heavy atom. The molecule has 0 saturated heterocycles. The van der Waals surface area contributed by atoms with Crippen molar-refractivity contribution in [3.05, 3.63) is 65.2 Å². The highest BCUT2D eigenvalue weighted by atomic mass is 35.5. The van der Waals surface area contributed by atoms with Crippen LogP contribution in [0.4, 0.5) is 8.78 Å². The van der Waals surface area contributed by atoms with Gasteiger partial charge in [-0.1, -0.05) is 12.1 Å². The second-order valence-corrected chi connectivity index (χ2v) is 6.33. The molecule has 2 rings (SSSR count). The van der Waals surface area contributed by atoms with E-state index in [0.29, 0.717) is 5.56 Å². The van der Waals surface area contributed by atoms with E-state index in [1.807, 2.05) is 18.4 Å². The number of thioether (sulfide) groups is 1. The highest BCUT2D eigenvalue weighted by Crippen LogP contribution is 2.28. The Hall–Kier alpha value is -1.67. The molecule has 0 saturated carbocycles. The minimum Gasteiger partial charge on any atom is -0.383 e. The molecule has 0 spiro atoms. The summed E-state index contributed by atoms with van der Waals surface area (Å²) in [4.78, 5) is 13.2. The van der Waals surface area contributed by atoms with Crippen LogP contribution in [0.15, 0.2) is 47.4 Å². The number of halogens is 3. The minimum absolute atomic E-state index is 0. The summed E-state index contributed by atoms with van der Waals surface area (Å²) in [7, 11) is 1.43. The van der Waals surface area contributed by atoms with Crippen LogP contribution in [0.3, 0.4) is 0 Å². The predicted octanol–water partition coefficient (Wildman–Crippen LogP) is 3.29. The van der Waals surface area contributed by atoms with E-state index in [4.69, 9.17) is 10.5 Å². The molecule has 0 aliphatic heterocycles. The van der Waals surface area contributed by atoms with Gasteiger partial charge in [0.1, 0.15) is 17.7 Å². The smallest absolute Gasteiger partial charge is 0.240 e. The van der Waals surface area contributed by atoms with E-state index in [-0.39, 0.29) is 24.6 Å². The monoisotopic (exact) mass is 402 g/mol. The molecule has 1 amide bonds. The molecule has 3 N–H and O–H groups in total. The van der Waals surface area contributed by atoms with Gasteiger partial charge in [-0.05, 0) is 42.2 Å².